The molecule has 4 rings (SSSR count). The molecule has 0 unspecified atom stereocenters. The van der Waals surface area contributed by atoms with Crippen LogP contribution in [0.25, 0.3) is 21.8 Å². The van der Waals surface area contributed by atoms with Crippen LogP contribution in [-0.4, -0.2) is 38.9 Å². The summed E-state index contributed by atoms with van der Waals surface area (Å²) in [6.45, 7) is 0.975. The number of carbonyl (C=O) groups is 2. The van der Waals surface area contributed by atoms with Gasteiger partial charge in [-0.05, 0) is 18.9 Å². The van der Waals surface area contributed by atoms with Gasteiger partial charge >= 0.3 is 0 Å². The molecule has 7 heteroatoms. The number of nitrogens with two attached hydrogens (primary N) is 1. The first-order chi connectivity index (χ1) is 12.9. The van der Waals surface area contributed by atoms with Gasteiger partial charge in [-0.3, -0.25) is 14.4 Å². The van der Waals surface area contributed by atoms with Crippen molar-refractivity contribution in [2.24, 2.45) is 25.7 Å². The fourth-order valence-corrected chi connectivity index (χ4v) is 4.10. The molecule has 3 aromatic rings. The molecule has 2 N–H and O–H groups in total. The van der Waals surface area contributed by atoms with Gasteiger partial charge in [0.05, 0.1) is 5.56 Å². The van der Waals surface area contributed by atoms with Gasteiger partial charge < -0.3 is 19.8 Å². The molecular formula is C20H22N4O3. The maximum absolute atomic E-state index is 13.3. The molecule has 0 atom stereocenters. The zero-order valence-electron chi connectivity index (χ0n) is 15.4. The predicted octanol–water partition coefficient (Wildman–Crippen LogP) is 1.37. The lowest BCUT2D eigenvalue weighted by Gasteiger charge is -2.30. The zero-order chi connectivity index (χ0) is 19.3. The first-order valence-corrected chi connectivity index (χ1v) is 9.05. The SMILES string of the molecule is Cn1cc(C(=O)N2CCC(C(N)=O)CC2)c2c3ccccc3n(C)c2c1=O. The number of piperidine rings is 1. The van der Waals surface area contributed by atoms with E-state index in [4.69, 9.17) is 5.73 Å². The number of aromatic nitrogens is 2. The highest BCUT2D eigenvalue weighted by atomic mass is 16.2. The molecule has 1 aromatic carbocycles. The second-order valence-electron chi connectivity index (χ2n) is 7.23. The van der Waals surface area contributed by atoms with Crippen molar-refractivity contribution < 1.29 is 9.59 Å². The van der Waals surface area contributed by atoms with Crippen molar-refractivity contribution in [2.75, 3.05) is 13.1 Å². The number of pyridine rings is 1. The summed E-state index contributed by atoms with van der Waals surface area (Å²) in [4.78, 5) is 39.2. The average molecular weight is 366 g/mol. The van der Waals surface area contributed by atoms with Gasteiger partial charge in [-0.25, -0.2) is 0 Å². The average Bonchev–Trinajstić information content (AvgIpc) is 2.97. The number of para-hydroxylation sites is 1. The summed E-state index contributed by atoms with van der Waals surface area (Å²) >= 11 is 0. The molecule has 0 bridgehead atoms. The number of carbonyl (C=O) groups excluding carboxylic acids is 2. The first kappa shape index (κ1) is 17.3. The summed E-state index contributed by atoms with van der Waals surface area (Å²) in [6.07, 6.45) is 2.77. The first-order valence-electron chi connectivity index (χ1n) is 9.05. The maximum atomic E-state index is 13.3. The van der Waals surface area contributed by atoms with Gasteiger partial charge in [0, 0.05) is 55.6 Å². The van der Waals surface area contributed by atoms with Crippen molar-refractivity contribution in [1.29, 1.82) is 0 Å². The molecule has 0 saturated carbocycles. The topological polar surface area (TPSA) is 90.3 Å². The number of rotatable bonds is 2. The number of hydrogen-bond donors (Lipinski definition) is 1. The van der Waals surface area contributed by atoms with Crippen molar-refractivity contribution in [3.63, 3.8) is 0 Å². The Kier molecular flexibility index (Phi) is 4.02. The highest BCUT2D eigenvalue weighted by molar-refractivity contribution is 6.17. The van der Waals surface area contributed by atoms with E-state index in [-0.39, 0.29) is 23.3 Å². The third kappa shape index (κ3) is 2.61. The normalized spacial score (nSPS) is 15.6. The fourth-order valence-electron chi connectivity index (χ4n) is 4.10. The molecular weight excluding hydrogens is 344 g/mol. The molecule has 1 aliphatic rings. The largest absolute Gasteiger partial charge is 0.369 e. The Labute approximate surface area is 156 Å². The van der Waals surface area contributed by atoms with Crippen molar-refractivity contribution in [1.82, 2.24) is 14.0 Å². The van der Waals surface area contributed by atoms with Gasteiger partial charge in [0.25, 0.3) is 11.5 Å². The van der Waals surface area contributed by atoms with E-state index in [1.165, 1.54) is 4.57 Å². The molecule has 1 aliphatic heterocycles. The van der Waals surface area contributed by atoms with Crippen LogP contribution in [0, 0.1) is 5.92 Å². The Balaban J connectivity index is 1.86. The highest BCUT2D eigenvalue weighted by Gasteiger charge is 2.29. The van der Waals surface area contributed by atoms with Crippen LogP contribution in [0.2, 0.25) is 0 Å². The smallest absolute Gasteiger partial charge is 0.274 e. The number of aryl methyl sites for hydroxylation is 2. The summed E-state index contributed by atoms with van der Waals surface area (Å²) < 4.78 is 3.31. The number of amides is 2. The minimum absolute atomic E-state index is 0.116. The molecule has 2 aromatic heterocycles. The Morgan fingerprint density at radius 2 is 1.78 bits per heavy atom. The van der Waals surface area contributed by atoms with E-state index in [9.17, 15) is 14.4 Å². The van der Waals surface area contributed by atoms with Crippen LogP contribution in [-0.2, 0) is 18.9 Å². The van der Waals surface area contributed by atoms with Crippen LogP contribution >= 0.6 is 0 Å². The van der Waals surface area contributed by atoms with E-state index < -0.39 is 0 Å². The molecule has 2 amide bonds. The fraction of sp³-hybridized carbons (Fsp3) is 0.350. The van der Waals surface area contributed by atoms with Gasteiger partial charge in [0.1, 0.15) is 5.52 Å². The van der Waals surface area contributed by atoms with Gasteiger partial charge in [-0.2, -0.15) is 0 Å². The van der Waals surface area contributed by atoms with Gasteiger partial charge in [-0.15, -0.1) is 0 Å². The Morgan fingerprint density at radius 3 is 2.44 bits per heavy atom. The van der Waals surface area contributed by atoms with Gasteiger partial charge in [-0.1, -0.05) is 18.2 Å². The van der Waals surface area contributed by atoms with Crippen LogP contribution in [0.4, 0.5) is 0 Å². The molecule has 0 aliphatic carbocycles. The zero-order valence-corrected chi connectivity index (χ0v) is 15.4. The molecule has 3 heterocycles. The van der Waals surface area contributed by atoms with Crippen LogP contribution in [0.5, 0.6) is 0 Å². The van der Waals surface area contributed by atoms with Crippen molar-refractivity contribution >= 4 is 33.6 Å². The van der Waals surface area contributed by atoms with E-state index >= 15 is 0 Å². The number of benzene rings is 1. The number of likely N-dealkylation sites (tertiary alicyclic amines) is 1. The van der Waals surface area contributed by atoms with Crippen molar-refractivity contribution in [2.45, 2.75) is 12.8 Å². The molecule has 1 saturated heterocycles. The molecule has 7 nitrogen and oxygen atoms in total. The third-order valence-electron chi connectivity index (χ3n) is 5.64. The van der Waals surface area contributed by atoms with Crippen LogP contribution < -0.4 is 11.3 Å². The summed E-state index contributed by atoms with van der Waals surface area (Å²) in [5.41, 5.74) is 7.21. The summed E-state index contributed by atoms with van der Waals surface area (Å²) in [5.74, 6) is -0.595. The highest BCUT2D eigenvalue weighted by Crippen LogP contribution is 2.30. The molecule has 1 fully saturated rings. The van der Waals surface area contributed by atoms with E-state index in [0.717, 1.165) is 10.9 Å². The number of nitrogens with zero attached hydrogens (tertiary/aromatic N) is 3. The van der Waals surface area contributed by atoms with Gasteiger partial charge in [0.15, 0.2) is 0 Å². The monoisotopic (exact) mass is 366 g/mol. The number of hydrogen-bond acceptors (Lipinski definition) is 3. The van der Waals surface area contributed by atoms with Crippen LogP contribution in [0.15, 0.2) is 35.3 Å². The Bertz CT molecular complexity index is 1130. The molecule has 140 valence electrons. The van der Waals surface area contributed by atoms with Crippen molar-refractivity contribution in [3.8, 4) is 0 Å². The predicted molar refractivity (Wildman–Crippen MR) is 103 cm³/mol. The van der Waals surface area contributed by atoms with E-state index in [0.29, 0.717) is 42.4 Å². The minimum Gasteiger partial charge on any atom is -0.369 e. The molecule has 27 heavy (non-hydrogen) atoms. The minimum atomic E-state index is -0.305. The van der Waals surface area contributed by atoms with E-state index in [1.54, 1.807) is 18.1 Å². The van der Waals surface area contributed by atoms with Crippen molar-refractivity contribution in [3.05, 3.63) is 46.4 Å². The maximum Gasteiger partial charge on any atom is 0.274 e. The Hall–Kier alpha value is -3.09. The second-order valence-corrected chi connectivity index (χ2v) is 7.23. The summed E-state index contributed by atoms with van der Waals surface area (Å²) in [5, 5.41) is 1.58. The Morgan fingerprint density at radius 1 is 1.11 bits per heavy atom. The third-order valence-corrected chi connectivity index (χ3v) is 5.64. The lowest BCUT2D eigenvalue weighted by molar-refractivity contribution is -0.123. The van der Waals surface area contributed by atoms with E-state index in [2.05, 4.69) is 0 Å². The number of fused-ring (bicyclic) bond motifs is 3. The van der Waals surface area contributed by atoms with Gasteiger partial charge in [0.2, 0.25) is 5.91 Å². The van der Waals surface area contributed by atoms with E-state index in [1.807, 2.05) is 35.9 Å². The summed E-state index contributed by atoms with van der Waals surface area (Å²) in [6, 6.07) is 7.71. The summed E-state index contributed by atoms with van der Waals surface area (Å²) in [7, 11) is 3.51. The number of primary amides is 1. The molecule has 0 radical (unpaired) electrons. The second kappa shape index (κ2) is 6.26. The van der Waals surface area contributed by atoms with Crippen LogP contribution in [0.3, 0.4) is 0 Å². The lowest BCUT2D eigenvalue weighted by Crippen LogP contribution is -2.42. The van der Waals surface area contributed by atoms with Crippen LogP contribution in [0.1, 0.15) is 23.2 Å². The quantitative estimate of drug-likeness (QED) is 0.743. The standard InChI is InChI=1S/C20H22N4O3/c1-22-11-14(19(26)24-9-7-12(8-10-24)18(21)25)16-13-5-3-4-6-15(13)23(2)17(16)20(22)27/h3-6,11-12H,7-10H2,1-2H3,(H2,21,25). The lowest BCUT2D eigenvalue weighted by atomic mass is 9.95. The molecule has 0 spiro atoms.